The zero-order chi connectivity index (χ0) is 17.8. The molecule has 2 aromatic heterocycles. The van der Waals surface area contributed by atoms with Crippen LogP contribution in [0.2, 0.25) is 0 Å². The number of urea groups is 1. The molecule has 0 fully saturated rings. The van der Waals surface area contributed by atoms with Crippen LogP contribution in [0.3, 0.4) is 0 Å². The highest BCUT2D eigenvalue weighted by atomic mass is 32.2. The third-order valence-electron chi connectivity index (χ3n) is 3.29. The summed E-state index contributed by atoms with van der Waals surface area (Å²) < 4.78 is 7.22. The van der Waals surface area contributed by atoms with Crippen LogP contribution in [0.25, 0.3) is 17.3 Å². The van der Waals surface area contributed by atoms with E-state index in [1.54, 1.807) is 29.9 Å². The third kappa shape index (κ3) is 3.72. The first kappa shape index (κ1) is 16.8. The summed E-state index contributed by atoms with van der Waals surface area (Å²) in [4.78, 5) is 22.8. The Morgan fingerprint density at radius 1 is 1.20 bits per heavy atom. The van der Waals surface area contributed by atoms with E-state index >= 15 is 0 Å². The van der Waals surface area contributed by atoms with E-state index in [4.69, 9.17) is 10.2 Å². The molecule has 0 aliphatic rings. The summed E-state index contributed by atoms with van der Waals surface area (Å²) in [5.74, 6) is 0.568. The fourth-order valence-electron chi connectivity index (χ4n) is 2.16. The van der Waals surface area contributed by atoms with Gasteiger partial charge in [0.15, 0.2) is 10.9 Å². The second kappa shape index (κ2) is 7.22. The molecule has 1 unspecified atom stereocenters. The van der Waals surface area contributed by atoms with Gasteiger partial charge in [-0.1, -0.05) is 30.0 Å². The fourth-order valence-corrected chi connectivity index (χ4v) is 3.02. The molecule has 1 atom stereocenters. The number of nitrogens with zero attached hydrogens (tertiary/aromatic N) is 3. The number of carbonyl (C=O) groups is 2. The Kier molecular flexibility index (Phi) is 4.85. The van der Waals surface area contributed by atoms with Gasteiger partial charge in [-0.25, -0.2) is 4.79 Å². The average molecular weight is 357 g/mol. The second-order valence-electron chi connectivity index (χ2n) is 5.07. The topological polar surface area (TPSA) is 116 Å². The van der Waals surface area contributed by atoms with Gasteiger partial charge in [0.25, 0.3) is 0 Å². The summed E-state index contributed by atoms with van der Waals surface area (Å²) >= 11 is 1.16. The summed E-state index contributed by atoms with van der Waals surface area (Å²) in [6.07, 6.45) is 1.55. The molecule has 25 heavy (non-hydrogen) atoms. The summed E-state index contributed by atoms with van der Waals surface area (Å²) in [5, 5.41) is 10.3. The summed E-state index contributed by atoms with van der Waals surface area (Å²) in [6, 6.07) is 12.1. The summed E-state index contributed by atoms with van der Waals surface area (Å²) in [7, 11) is 0. The van der Waals surface area contributed by atoms with Crippen LogP contribution in [-0.2, 0) is 4.79 Å². The predicted octanol–water partition coefficient (Wildman–Crippen LogP) is 2.20. The minimum atomic E-state index is -0.891. The molecule has 3 rings (SSSR count). The van der Waals surface area contributed by atoms with Gasteiger partial charge in [0.05, 0.1) is 11.5 Å². The van der Waals surface area contributed by atoms with Gasteiger partial charge >= 0.3 is 6.03 Å². The number of hydrogen-bond donors (Lipinski definition) is 2. The van der Waals surface area contributed by atoms with E-state index < -0.39 is 17.2 Å². The number of nitrogens with two attached hydrogens (primary N) is 1. The van der Waals surface area contributed by atoms with Gasteiger partial charge in [-0.3, -0.25) is 14.7 Å². The fraction of sp³-hybridized carbons (Fsp3) is 0.125. The maximum Gasteiger partial charge on any atom is 0.318 e. The lowest BCUT2D eigenvalue weighted by Crippen LogP contribution is -2.39. The highest BCUT2D eigenvalue weighted by Gasteiger charge is 2.23. The number of carbonyl (C=O) groups excluding carboxylic acids is 2. The number of para-hydroxylation sites is 1. The molecule has 0 aliphatic carbocycles. The summed E-state index contributed by atoms with van der Waals surface area (Å²) in [5.41, 5.74) is 5.81. The first-order valence-electron chi connectivity index (χ1n) is 7.38. The van der Waals surface area contributed by atoms with Crippen molar-refractivity contribution in [3.05, 3.63) is 48.7 Å². The Morgan fingerprint density at radius 2 is 1.96 bits per heavy atom. The van der Waals surface area contributed by atoms with Crippen molar-refractivity contribution in [3.8, 4) is 17.3 Å². The van der Waals surface area contributed by atoms with Crippen LogP contribution in [0, 0.1) is 0 Å². The van der Waals surface area contributed by atoms with Crippen LogP contribution in [0.15, 0.2) is 58.3 Å². The van der Waals surface area contributed by atoms with E-state index in [1.807, 2.05) is 30.3 Å². The molecule has 8 nitrogen and oxygen atoms in total. The molecule has 3 amide bonds. The number of nitrogens with one attached hydrogen (secondary N) is 1. The van der Waals surface area contributed by atoms with Crippen molar-refractivity contribution in [2.75, 3.05) is 0 Å². The largest absolute Gasteiger partial charge is 0.461 e. The normalized spacial score (nSPS) is 11.9. The zero-order valence-electron chi connectivity index (χ0n) is 13.2. The number of imide groups is 1. The smallest absolute Gasteiger partial charge is 0.318 e. The van der Waals surface area contributed by atoms with Crippen molar-refractivity contribution >= 4 is 23.7 Å². The molecule has 0 saturated heterocycles. The molecule has 0 radical (unpaired) electrons. The maximum atomic E-state index is 11.9. The average Bonchev–Trinajstić information content (AvgIpc) is 3.24. The maximum absolute atomic E-state index is 11.9. The number of hydrogen-bond acceptors (Lipinski definition) is 6. The van der Waals surface area contributed by atoms with E-state index in [1.165, 1.54) is 0 Å². The molecule has 3 N–H and O–H groups in total. The minimum absolute atomic E-state index is 0.490. The number of thioether (sulfide) groups is 1. The SMILES string of the molecule is CC(Sc1nnc(-c2ccco2)n1-c1ccccc1)C(=O)NC(N)=O. The molecule has 2 heterocycles. The Balaban J connectivity index is 1.97. The first-order valence-corrected chi connectivity index (χ1v) is 8.26. The van der Waals surface area contributed by atoms with Gasteiger partial charge in [-0.15, -0.1) is 10.2 Å². The van der Waals surface area contributed by atoms with Gasteiger partial charge in [0.2, 0.25) is 11.7 Å². The number of aromatic nitrogens is 3. The Hall–Kier alpha value is -3.07. The number of rotatable bonds is 5. The molecule has 3 aromatic rings. The van der Waals surface area contributed by atoms with E-state index in [0.717, 1.165) is 17.4 Å². The van der Waals surface area contributed by atoms with Crippen LogP contribution < -0.4 is 11.1 Å². The van der Waals surface area contributed by atoms with E-state index in [2.05, 4.69) is 15.5 Å². The highest BCUT2D eigenvalue weighted by Crippen LogP contribution is 2.30. The van der Waals surface area contributed by atoms with Crippen LogP contribution in [0.4, 0.5) is 4.79 Å². The van der Waals surface area contributed by atoms with Crippen LogP contribution in [-0.4, -0.2) is 32.0 Å². The minimum Gasteiger partial charge on any atom is -0.461 e. The number of furan rings is 1. The van der Waals surface area contributed by atoms with Crippen molar-refractivity contribution in [1.82, 2.24) is 20.1 Å². The lowest BCUT2D eigenvalue weighted by molar-refractivity contribution is -0.119. The molecule has 0 spiro atoms. The van der Waals surface area contributed by atoms with Crippen molar-refractivity contribution < 1.29 is 14.0 Å². The number of benzene rings is 1. The highest BCUT2D eigenvalue weighted by molar-refractivity contribution is 8.00. The molecule has 9 heteroatoms. The standard InChI is InChI=1S/C16H15N5O3S/c1-10(14(22)18-15(17)23)25-16-20-19-13(12-8-5-9-24-12)21(16)11-6-3-2-4-7-11/h2-10H,1H3,(H3,17,18,22,23). The van der Waals surface area contributed by atoms with Gasteiger partial charge in [0, 0.05) is 5.69 Å². The van der Waals surface area contributed by atoms with Crippen molar-refractivity contribution in [1.29, 1.82) is 0 Å². The van der Waals surface area contributed by atoms with Crippen molar-refractivity contribution in [2.45, 2.75) is 17.3 Å². The second-order valence-corrected chi connectivity index (χ2v) is 6.38. The number of amides is 3. The Labute approximate surface area is 147 Å². The molecule has 128 valence electrons. The van der Waals surface area contributed by atoms with Crippen LogP contribution in [0.1, 0.15) is 6.92 Å². The Morgan fingerprint density at radius 3 is 2.60 bits per heavy atom. The molecule has 0 bridgehead atoms. The van der Waals surface area contributed by atoms with Crippen molar-refractivity contribution in [2.24, 2.45) is 5.73 Å². The molecule has 1 aromatic carbocycles. The predicted molar refractivity (Wildman–Crippen MR) is 92.1 cm³/mol. The number of primary amides is 1. The summed E-state index contributed by atoms with van der Waals surface area (Å²) in [6.45, 7) is 1.65. The third-order valence-corrected chi connectivity index (χ3v) is 4.33. The van der Waals surface area contributed by atoms with Crippen molar-refractivity contribution in [3.63, 3.8) is 0 Å². The van der Waals surface area contributed by atoms with Gasteiger partial charge in [-0.2, -0.15) is 0 Å². The van der Waals surface area contributed by atoms with E-state index in [9.17, 15) is 9.59 Å². The zero-order valence-corrected chi connectivity index (χ0v) is 14.1. The quantitative estimate of drug-likeness (QED) is 0.676. The van der Waals surface area contributed by atoms with Crippen LogP contribution >= 0.6 is 11.8 Å². The molecular formula is C16H15N5O3S. The van der Waals surface area contributed by atoms with E-state index in [-0.39, 0.29) is 0 Å². The van der Waals surface area contributed by atoms with Crippen LogP contribution in [0.5, 0.6) is 0 Å². The van der Waals surface area contributed by atoms with Gasteiger partial charge in [-0.05, 0) is 31.2 Å². The Bertz CT molecular complexity index is 877. The molecular weight excluding hydrogens is 342 g/mol. The van der Waals surface area contributed by atoms with Gasteiger partial charge < -0.3 is 10.2 Å². The lowest BCUT2D eigenvalue weighted by atomic mass is 10.3. The molecule has 0 saturated carbocycles. The molecule has 0 aliphatic heterocycles. The first-order chi connectivity index (χ1) is 12.1. The lowest BCUT2D eigenvalue weighted by Gasteiger charge is -2.12. The van der Waals surface area contributed by atoms with Gasteiger partial charge in [0.1, 0.15) is 0 Å². The monoisotopic (exact) mass is 357 g/mol. The van der Waals surface area contributed by atoms with E-state index in [0.29, 0.717) is 16.7 Å².